The van der Waals surface area contributed by atoms with Crippen LogP contribution in [0.15, 0.2) is 0 Å². The number of hydrogen-bond donors (Lipinski definition) is 1. The molecule has 0 saturated carbocycles. The third-order valence-corrected chi connectivity index (χ3v) is 2.80. The van der Waals surface area contributed by atoms with Crippen LogP contribution in [0.2, 0.25) is 0 Å². The Labute approximate surface area is 79.0 Å². The summed E-state index contributed by atoms with van der Waals surface area (Å²) in [4.78, 5) is 12.3. The summed E-state index contributed by atoms with van der Waals surface area (Å²) in [7, 11) is 0. The van der Waals surface area contributed by atoms with Gasteiger partial charge in [0, 0.05) is 0 Å². The van der Waals surface area contributed by atoms with Crippen molar-refractivity contribution in [2.24, 2.45) is 5.92 Å². The van der Waals surface area contributed by atoms with Gasteiger partial charge in [-0.2, -0.15) is 0 Å². The van der Waals surface area contributed by atoms with Crippen LogP contribution >= 0.6 is 0 Å². The third-order valence-electron chi connectivity index (χ3n) is 2.22. The first-order valence-corrected chi connectivity index (χ1v) is 5.35. The van der Waals surface area contributed by atoms with Crippen molar-refractivity contribution >= 4 is 17.0 Å². The standard InChI is InChI=1S/C7H13NO4S/c9-7(10)6-1-3-8(4-2-6)5-13(11)12/h6H,1-5H2,(H,9,10)(H,11,12)/p-1. The lowest BCUT2D eigenvalue weighted by atomic mass is 9.98. The lowest BCUT2D eigenvalue weighted by Crippen LogP contribution is -2.37. The molecule has 1 saturated heterocycles. The van der Waals surface area contributed by atoms with Crippen molar-refractivity contribution < 1.29 is 18.7 Å². The topological polar surface area (TPSA) is 80.7 Å². The molecule has 5 nitrogen and oxygen atoms in total. The predicted octanol–water partition coefficient (Wildman–Crippen LogP) is -0.380. The third kappa shape index (κ3) is 3.41. The summed E-state index contributed by atoms with van der Waals surface area (Å²) in [6.45, 7) is 1.12. The van der Waals surface area contributed by atoms with Crippen LogP contribution in [0, 0.1) is 5.92 Å². The summed E-state index contributed by atoms with van der Waals surface area (Å²) in [6, 6.07) is 0. The molecule has 1 rings (SSSR count). The molecule has 13 heavy (non-hydrogen) atoms. The van der Waals surface area contributed by atoms with E-state index in [-0.39, 0.29) is 11.8 Å². The van der Waals surface area contributed by atoms with Crippen LogP contribution in [0.5, 0.6) is 0 Å². The number of carboxylic acid groups (broad SMARTS) is 1. The number of likely N-dealkylation sites (tertiary alicyclic amines) is 1. The minimum Gasteiger partial charge on any atom is -0.771 e. The number of hydrogen-bond acceptors (Lipinski definition) is 4. The number of carboxylic acids is 1. The zero-order chi connectivity index (χ0) is 9.84. The Bertz CT molecular complexity index is 213. The lowest BCUT2D eigenvalue weighted by Gasteiger charge is -2.30. The van der Waals surface area contributed by atoms with E-state index in [9.17, 15) is 13.6 Å². The lowest BCUT2D eigenvalue weighted by molar-refractivity contribution is -0.143. The van der Waals surface area contributed by atoms with Gasteiger partial charge in [-0.3, -0.25) is 13.9 Å². The van der Waals surface area contributed by atoms with Gasteiger partial charge >= 0.3 is 5.97 Å². The van der Waals surface area contributed by atoms with Crippen LogP contribution in [-0.2, 0) is 15.9 Å². The highest BCUT2D eigenvalue weighted by Gasteiger charge is 2.23. The van der Waals surface area contributed by atoms with Gasteiger partial charge in [-0.1, -0.05) is 0 Å². The van der Waals surface area contributed by atoms with E-state index in [1.54, 1.807) is 4.90 Å². The van der Waals surface area contributed by atoms with E-state index < -0.39 is 17.0 Å². The van der Waals surface area contributed by atoms with Gasteiger partial charge in [-0.25, -0.2) is 0 Å². The number of carbonyl (C=O) groups is 1. The van der Waals surface area contributed by atoms with Crippen LogP contribution in [0.1, 0.15) is 12.8 Å². The zero-order valence-electron chi connectivity index (χ0n) is 7.14. The van der Waals surface area contributed by atoms with E-state index in [2.05, 4.69) is 0 Å². The molecular weight excluding hydrogens is 194 g/mol. The molecular formula is C7H12NO4S-. The van der Waals surface area contributed by atoms with Crippen LogP contribution < -0.4 is 0 Å². The molecule has 1 atom stereocenters. The van der Waals surface area contributed by atoms with E-state index in [1.165, 1.54) is 0 Å². The molecule has 0 aliphatic carbocycles. The number of nitrogens with zero attached hydrogens (tertiary/aromatic N) is 1. The second-order valence-corrected chi connectivity index (χ2v) is 4.03. The van der Waals surface area contributed by atoms with E-state index in [0.717, 1.165) is 0 Å². The van der Waals surface area contributed by atoms with Crippen LogP contribution in [0.4, 0.5) is 0 Å². The van der Waals surface area contributed by atoms with Crippen molar-refractivity contribution in [2.75, 3.05) is 19.0 Å². The molecule has 76 valence electrons. The normalized spacial score (nSPS) is 22.8. The van der Waals surface area contributed by atoms with Crippen molar-refractivity contribution in [3.63, 3.8) is 0 Å². The summed E-state index contributed by atoms with van der Waals surface area (Å²) in [5, 5.41) is 8.67. The van der Waals surface area contributed by atoms with Crippen LogP contribution in [-0.4, -0.2) is 43.7 Å². The van der Waals surface area contributed by atoms with Gasteiger partial charge in [0.15, 0.2) is 0 Å². The maximum atomic E-state index is 10.5. The maximum Gasteiger partial charge on any atom is 0.306 e. The minimum atomic E-state index is -2.06. The number of piperidine rings is 1. The van der Waals surface area contributed by atoms with Gasteiger partial charge in [-0.05, 0) is 37.0 Å². The molecule has 1 unspecified atom stereocenters. The average Bonchev–Trinajstić information content (AvgIpc) is 2.04. The highest BCUT2D eigenvalue weighted by Crippen LogP contribution is 2.16. The fraction of sp³-hybridized carbons (Fsp3) is 0.857. The molecule has 1 fully saturated rings. The van der Waals surface area contributed by atoms with Crippen molar-refractivity contribution in [2.45, 2.75) is 12.8 Å². The Morgan fingerprint density at radius 2 is 2.08 bits per heavy atom. The van der Waals surface area contributed by atoms with E-state index in [0.29, 0.717) is 25.9 Å². The predicted molar refractivity (Wildman–Crippen MR) is 45.7 cm³/mol. The maximum absolute atomic E-state index is 10.5. The molecule has 0 aromatic carbocycles. The van der Waals surface area contributed by atoms with Gasteiger partial charge in [0.05, 0.1) is 11.8 Å². The Hall–Kier alpha value is -0.460. The Morgan fingerprint density at radius 1 is 1.54 bits per heavy atom. The first kappa shape index (κ1) is 10.6. The first-order chi connectivity index (χ1) is 6.09. The summed E-state index contributed by atoms with van der Waals surface area (Å²) in [5.74, 6) is -1.05. The molecule has 0 bridgehead atoms. The zero-order valence-corrected chi connectivity index (χ0v) is 7.96. The first-order valence-electron chi connectivity index (χ1n) is 4.10. The monoisotopic (exact) mass is 206 g/mol. The SMILES string of the molecule is O=C(O)C1CCN(CS(=O)[O-])CC1. The van der Waals surface area contributed by atoms with Gasteiger partial charge in [0.1, 0.15) is 0 Å². The van der Waals surface area contributed by atoms with Crippen molar-refractivity contribution in [3.8, 4) is 0 Å². The molecule has 1 aliphatic heterocycles. The average molecular weight is 206 g/mol. The van der Waals surface area contributed by atoms with Crippen molar-refractivity contribution in [3.05, 3.63) is 0 Å². The van der Waals surface area contributed by atoms with E-state index >= 15 is 0 Å². The molecule has 6 heteroatoms. The highest BCUT2D eigenvalue weighted by atomic mass is 32.2. The fourth-order valence-electron chi connectivity index (χ4n) is 1.46. The van der Waals surface area contributed by atoms with Crippen molar-refractivity contribution in [1.29, 1.82) is 0 Å². The second-order valence-electron chi connectivity index (χ2n) is 3.16. The highest BCUT2D eigenvalue weighted by molar-refractivity contribution is 7.79. The molecule has 0 amide bonds. The quantitative estimate of drug-likeness (QED) is 0.636. The van der Waals surface area contributed by atoms with Crippen LogP contribution in [0.3, 0.4) is 0 Å². The minimum absolute atomic E-state index is 0.0202. The number of rotatable bonds is 3. The fourth-order valence-corrected chi connectivity index (χ4v) is 2.01. The summed E-state index contributed by atoms with van der Waals surface area (Å²) in [5.41, 5.74) is 0. The largest absolute Gasteiger partial charge is 0.771 e. The van der Waals surface area contributed by atoms with Crippen LogP contribution in [0.25, 0.3) is 0 Å². The molecule has 0 aromatic heterocycles. The second kappa shape index (κ2) is 4.69. The molecule has 1 N–H and O–H groups in total. The molecule has 1 aliphatic rings. The molecule has 0 spiro atoms. The number of aliphatic carboxylic acids is 1. The smallest absolute Gasteiger partial charge is 0.306 e. The van der Waals surface area contributed by atoms with E-state index in [1.807, 2.05) is 0 Å². The van der Waals surface area contributed by atoms with Gasteiger partial charge in [0.2, 0.25) is 0 Å². The van der Waals surface area contributed by atoms with Gasteiger partial charge < -0.3 is 9.66 Å². The Balaban J connectivity index is 2.30. The molecule has 0 radical (unpaired) electrons. The van der Waals surface area contributed by atoms with Crippen molar-refractivity contribution in [1.82, 2.24) is 4.90 Å². The summed E-state index contributed by atoms with van der Waals surface area (Å²) < 4.78 is 20.6. The Kier molecular flexibility index (Phi) is 3.83. The van der Waals surface area contributed by atoms with Gasteiger partial charge in [0.25, 0.3) is 0 Å². The summed E-state index contributed by atoms with van der Waals surface area (Å²) in [6.07, 6.45) is 1.10. The Morgan fingerprint density at radius 3 is 2.46 bits per heavy atom. The van der Waals surface area contributed by atoms with Gasteiger partial charge in [-0.15, -0.1) is 0 Å². The van der Waals surface area contributed by atoms with E-state index in [4.69, 9.17) is 5.11 Å². The molecule has 0 aromatic rings. The summed E-state index contributed by atoms with van der Waals surface area (Å²) >= 11 is -2.06. The molecule has 1 heterocycles.